The van der Waals surface area contributed by atoms with E-state index in [-0.39, 0.29) is 72.1 Å². The maximum Gasteiger partial charge on any atom is 0.320 e. The van der Waals surface area contributed by atoms with Gasteiger partial charge >= 0.3 is 23.9 Å². The number of carbonyl (C=O) groups excluding carboxylic acids is 1. The summed E-state index contributed by atoms with van der Waals surface area (Å²) < 4.78 is 21.6. The third-order valence-corrected chi connectivity index (χ3v) is 4.37. The molecule has 0 heterocycles. The normalized spacial score (nSPS) is 11.2. The lowest BCUT2D eigenvalue weighted by molar-refractivity contribution is -0.145. The van der Waals surface area contributed by atoms with Crippen molar-refractivity contribution in [2.75, 3.05) is 46.2 Å². The monoisotopic (exact) mass is 485 g/mol. The molecule has 0 fully saturated rings. The van der Waals surface area contributed by atoms with E-state index in [0.717, 1.165) is 5.56 Å². The third kappa shape index (κ3) is 14.2. The van der Waals surface area contributed by atoms with Crippen LogP contribution in [0.3, 0.4) is 0 Å². The number of esters is 1. The van der Waals surface area contributed by atoms with Crippen LogP contribution in [-0.2, 0) is 44.7 Å². The maximum atomic E-state index is 12.3. The SMILES string of the molecule is O=C(O)CCOCC(COCCC(=O)O)(COCCC(=O)O)NCC(=O)OCc1ccccc1. The molecule has 1 rings (SSSR count). The molecule has 0 saturated carbocycles. The Labute approximate surface area is 196 Å². The number of hydrogen-bond acceptors (Lipinski definition) is 9. The van der Waals surface area contributed by atoms with Crippen LogP contribution < -0.4 is 5.32 Å². The summed E-state index contributed by atoms with van der Waals surface area (Å²) >= 11 is 0. The zero-order valence-electron chi connectivity index (χ0n) is 18.8. The van der Waals surface area contributed by atoms with Gasteiger partial charge in [-0.25, -0.2) is 0 Å². The van der Waals surface area contributed by atoms with Gasteiger partial charge in [0, 0.05) is 0 Å². The molecule has 0 spiro atoms. The van der Waals surface area contributed by atoms with Gasteiger partial charge < -0.3 is 34.3 Å². The molecule has 0 aliphatic heterocycles. The molecule has 0 radical (unpaired) electrons. The van der Waals surface area contributed by atoms with Crippen LogP contribution in [0.4, 0.5) is 0 Å². The van der Waals surface area contributed by atoms with E-state index in [9.17, 15) is 19.2 Å². The summed E-state index contributed by atoms with van der Waals surface area (Å²) in [5, 5.41) is 29.4. The third-order valence-electron chi connectivity index (χ3n) is 4.37. The Morgan fingerprint density at radius 3 is 1.59 bits per heavy atom. The van der Waals surface area contributed by atoms with E-state index in [0.29, 0.717) is 0 Å². The van der Waals surface area contributed by atoms with Crippen LogP contribution in [0.5, 0.6) is 0 Å². The van der Waals surface area contributed by atoms with Gasteiger partial charge in [0.2, 0.25) is 0 Å². The Morgan fingerprint density at radius 2 is 1.18 bits per heavy atom. The molecule has 0 unspecified atom stereocenters. The predicted molar refractivity (Wildman–Crippen MR) is 116 cm³/mol. The molecule has 0 atom stereocenters. The fourth-order valence-corrected chi connectivity index (χ4v) is 2.61. The standard InChI is InChI=1S/C22H31NO11/c24-18(25)6-9-31-14-22(15-32-10-7-19(26)27,16-33-11-8-20(28)29)23-12-21(30)34-13-17-4-2-1-3-5-17/h1-5,23H,6-16H2,(H,24,25)(H,26,27)(H,28,29). The van der Waals surface area contributed by atoms with E-state index in [1.807, 2.05) is 18.2 Å². The summed E-state index contributed by atoms with van der Waals surface area (Å²) in [6.07, 6.45) is -0.765. The highest BCUT2D eigenvalue weighted by molar-refractivity contribution is 5.71. The van der Waals surface area contributed by atoms with Crippen molar-refractivity contribution < 1.29 is 53.4 Å². The number of carboxylic acids is 3. The molecule has 0 saturated heterocycles. The van der Waals surface area contributed by atoms with Gasteiger partial charge in [0.15, 0.2) is 0 Å². The van der Waals surface area contributed by atoms with Crippen molar-refractivity contribution in [1.29, 1.82) is 0 Å². The molecule has 12 heteroatoms. The summed E-state index contributed by atoms with van der Waals surface area (Å²) in [5.74, 6) is -3.76. The number of benzene rings is 1. The highest BCUT2D eigenvalue weighted by Gasteiger charge is 2.32. The van der Waals surface area contributed by atoms with Crippen molar-refractivity contribution in [3.05, 3.63) is 35.9 Å². The first-order chi connectivity index (χ1) is 16.2. The molecule has 0 aromatic heterocycles. The minimum atomic E-state index is -1.19. The Balaban J connectivity index is 2.78. The number of hydrogen-bond donors (Lipinski definition) is 4. The second-order valence-electron chi connectivity index (χ2n) is 7.37. The Bertz CT molecular complexity index is 714. The molecular formula is C22H31NO11. The molecule has 0 aliphatic carbocycles. The highest BCUT2D eigenvalue weighted by atomic mass is 16.5. The van der Waals surface area contributed by atoms with Gasteiger partial charge in [-0.2, -0.15) is 0 Å². The molecular weight excluding hydrogens is 454 g/mol. The zero-order chi connectivity index (χ0) is 25.2. The number of nitrogens with one attached hydrogen (secondary N) is 1. The fraction of sp³-hybridized carbons (Fsp3) is 0.545. The topological polar surface area (TPSA) is 178 Å². The van der Waals surface area contributed by atoms with E-state index in [1.165, 1.54) is 0 Å². The van der Waals surface area contributed by atoms with Crippen molar-refractivity contribution >= 4 is 23.9 Å². The number of aliphatic carboxylic acids is 3. The molecule has 0 amide bonds. The largest absolute Gasteiger partial charge is 0.481 e. The molecule has 4 N–H and O–H groups in total. The molecule has 1 aromatic rings. The van der Waals surface area contributed by atoms with Crippen molar-refractivity contribution in [3.8, 4) is 0 Å². The molecule has 0 bridgehead atoms. The van der Waals surface area contributed by atoms with Gasteiger partial charge in [0.05, 0.1) is 71.0 Å². The number of rotatable bonds is 20. The quantitative estimate of drug-likeness (QED) is 0.149. The lowest BCUT2D eigenvalue weighted by Gasteiger charge is -2.34. The second-order valence-corrected chi connectivity index (χ2v) is 7.37. The van der Waals surface area contributed by atoms with Gasteiger partial charge in [0.25, 0.3) is 0 Å². The lowest BCUT2D eigenvalue weighted by Crippen LogP contribution is -2.58. The van der Waals surface area contributed by atoms with E-state index >= 15 is 0 Å². The van der Waals surface area contributed by atoms with Crippen molar-refractivity contribution in [2.24, 2.45) is 0 Å². The summed E-state index contributed by atoms with van der Waals surface area (Å²) in [6.45, 7) is -1.02. The van der Waals surface area contributed by atoms with E-state index in [4.69, 9.17) is 34.3 Å². The van der Waals surface area contributed by atoms with Gasteiger partial charge in [-0.1, -0.05) is 30.3 Å². The van der Waals surface area contributed by atoms with Gasteiger partial charge in [-0.3, -0.25) is 24.5 Å². The first-order valence-electron chi connectivity index (χ1n) is 10.6. The predicted octanol–water partition coefficient (Wildman–Crippen LogP) is 0.532. The summed E-state index contributed by atoms with van der Waals surface area (Å²) in [4.78, 5) is 44.6. The highest BCUT2D eigenvalue weighted by Crippen LogP contribution is 2.11. The molecule has 34 heavy (non-hydrogen) atoms. The Hall–Kier alpha value is -3.06. The number of carbonyl (C=O) groups is 4. The smallest absolute Gasteiger partial charge is 0.320 e. The van der Waals surface area contributed by atoms with Crippen molar-refractivity contribution in [1.82, 2.24) is 5.32 Å². The second kappa shape index (κ2) is 16.5. The van der Waals surface area contributed by atoms with Crippen LogP contribution in [0, 0.1) is 0 Å². The average Bonchev–Trinajstić information content (AvgIpc) is 2.79. The first kappa shape index (κ1) is 29.0. The molecule has 0 aliphatic rings. The van der Waals surface area contributed by atoms with Crippen molar-refractivity contribution in [2.45, 2.75) is 31.4 Å². The zero-order valence-corrected chi connectivity index (χ0v) is 18.8. The van der Waals surface area contributed by atoms with Crippen LogP contribution in [0.25, 0.3) is 0 Å². The summed E-state index contributed by atoms with van der Waals surface area (Å²) in [7, 11) is 0. The molecule has 12 nitrogen and oxygen atoms in total. The lowest BCUT2D eigenvalue weighted by atomic mass is 10.0. The van der Waals surface area contributed by atoms with Gasteiger partial charge in [-0.15, -0.1) is 0 Å². The van der Waals surface area contributed by atoms with E-state index < -0.39 is 29.4 Å². The minimum absolute atomic E-state index is 0.0632. The summed E-state index contributed by atoms with van der Waals surface area (Å²) in [6, 6.07) is 9.05. The molecule has 1 aromatic carbocycles. The number of ether oxygens (including phenoxy) is 4. The minimum Gasteiger partial charge on any atom is -0.481 e. The maximum absolute atomic E-state index is 12.3. The molecule has 190 valence electrons. The summed E-state index contributed by atoms with van der Waals surface area (Å²) in [5.41, 5.74) is -0.394. The van der Waals surface area contributed by atoms with Crippen LogP contribution in [-0.4, -0.2) is 90.9 Å². The first-order valence-corrected chi connectivity index (χ1v) is 10.6. The van der Waals surface area contributed by atoms with Gasteiger partial charge in [-0.05, 0) is 5.56 Å². The van der Waals surface area contributed by atoms with Crippen LogP contribution in [0.2, 0.25) is 0 Å². The Morgan fingerprint density at radius 1 is 0.735 bits per heavy atom. The fourth-order valence-electron chi connectivity index (χ4n) is 2.61. The Kier molecular flexibility index (Phi) is 14.1. The van der Waals surface area contributed by atoms with Crippen LogP contribution in [0.15, 0.2) is 30.3 Å². The van der Waals surface area contributed by atoms with Gasteiger partial charge in [0.1, 0.15) is 6.61 Å². The van der Waals surface area contributed by atoms with E-state index in [2.05, 4.69) is 5.32 Å². The number of carboxylic acid groups (broad SMARTS) is 3. The average molecular weight is 485 g/mol. The van der Waals surface area contributed by atoms with Crippen LogP contribution >= 0.6 is 0 Å². The van der Waals surface area contributed by atoms with Crippen LogP contribution in [0.1, 0.15) is 24.8 Å². The van der Waals surface area contributed by atoms with Crippen molar-refractivity contribution in [3.63, 3.8) is 0 Å². The van der Waals surface area contributed by atoms with E-state index in [1.54, 1.807) is 12.1 Å².